The number of rotatable bonds is 3. The Morgan fingerprint density at radius 2 is 2.00 bits per heavy atom. The lowest BCUT2D eigenvalue weighted by Gasteiger charge is -2.16. The first-order valence-corrected chi connectivity index (χ1v) is 5.10. The zero-order chi connectivity index (χ0) is 11.4. The van der Waals surface area contributed by atoms with Gasteiger partial charge in [0.05, 0.1) is 0 Å². The summed E-state index contributed by atoms with van der Waals surface area (Å²) < 4.78 is 0. The quantitative estimate of drug-likeness (QED) is 0.792. The van der Waals surface area contributed by atoms with Crippen LogP contribution in [-0.2, 0) is 4.79 Å². The monoisotopic (exact) mass is 206 g/mol. The molecule has 3 heteroatoms. The van der Waals surface area contributed by atoms with E-state index in [1.807, 2.05) is 26.0 Å². The van der Waals surface area contributed by atoms with Crippen molar-refractivity contribution in [3.63, 3.8) is 0 Å². The maximum Gasteiger partial charge on any atom is 0.241 e. The van der Waals surface area contributed by atoms with Crippen LogP contribution in [0.4, 0.5) is 5.69 Å². The second-order valence-corrected chi connectivity index (χ2v) is 3.73. The van der Waals surface area contributed by atoms with Gasteiger partial charge in [-0.25, -0.2) is 0 Å². The minimum Gasteiger partial charge on any atom is -0.374 e. The van der Waals surface area contributed by atoms with Gasteiger partial charge in [-0.15, -0.1) is 0 Å². The molecule has 0 saturated carbocycles. The lowest BCUT2D eigenvalue weighted by atomic mass is 10.1. The van der Waals surface area contributed by atoms with E-state index in [0.29, 0.717) is 0 Å². The van der Waals surface area contributed by atoms with Crippen molar-refractivity contribution < 1.29 is 4.79 Å². The zero-order valence-corrected chi connectivity index (χ0v) is 9.72. The highest BCUT2D eigenvalue weighted by atomic mass is 16.2. The first kappa shape index (κ1) is 11.6. The van der Waals surface area contributed by atoms with Gasteiger partial charge in [-0.3, -0.25) is 4.79 Å². The zero-order valence-electron chi connectivity index (χ0n) is 9.72. The number of amides is 1. The summed E-state index contributed by atoms with van der Waals surface area (Å²) in [6.45, 7) is 5.96. The number of likely N-dealkylation sites (N-methyl/N-ethyl adjacent to an activating group) is 1. The summed E-state index contributed by atoms with van der Waals surface area (Å²) >= 11 is 0. The molecule has 0 bridgehead atoms. The fraction of sp³-hybridized carbons (Fsp3) is 0.417. The van der Waals surface area contributed by atoms with Crippen LogP contribution in [-0.4, -0.2) is 19.0 Å². The smallest absolute Gasteiger partial charge is 0.241 e. The molecule has 0 spiro atoms. The average Bonchev–Trinajstić information content (AvgIpc) is 2.23. The normalized spacial score (nSPS) is 12.0. The molecule has 2 N–H and O–H groups in total. The predicted molar refractivity (Wildman–Crippen MR) is 63.1 cm³/mol. The Kier molecular flexibility index (Phi) is 3.72. The van der Waals surface area contributed by atoms with Crippen LogP contribution in [0, 0.1) is 13.8 Å². The van der Waals surface area contributed by atoms with E-state index in [-0.39, 0.29) is 11.9 Å². The van der Waals surface area contributed by atoms with E-state index in [1.165, 1.54) is 11.1 Å². The molecule has 1 amide bonds. The Morgan fingerprint density at radius 3 is 2.60 bits per heavy atom. The van der Waals surface area contributed by atoms with Crippen LogP contribution in [0.2, 0.25) is 0 Å². The topological polar surface area (TPSA) is 41.1 Å². The molecular weight excluding hydrogens is 188 g/mol. The van der Waals surface area contributed by atoms with Crippen LogP contribution < -0.4 is 10.6 Å². The summed E-state index contributed by atoms with van der Waals surface area (Å²) in [7, 11) is 1.64. The minimum atomic E-state index is -0.213. The molecule has 0 saturated heterocycles. The molecular formula is C12H18N2O. The highest BCUT2D eigenvalue weighted by molar-refractivity contribution is 5.84. The van der Waals surface area contributed by atoms with Crippen molar-refractivity contribution in [2.75, 3.05) is 12.4 Å². The maximum atomic E-state index is 11.3. The third kappa shape index (κ3) is 2.72. The average molecular weight is 206 g/mol. The van der Waals surface area contributed by atoms with E-state index in [0.717, 1.165) is 5.69 Å². The van der Waals surface area contributed by atoms with Crippen molar-refractivity contribution in [1.29, 1.82) is 0 Å². The van der Waals surface area contributed by atoms with Gasteiger partial charge in [0.25, 0.3) is 0 Å². The molecule has 1 aromatic rings. The van der Waals surface area contributed by atoms with Crippen molar-refractivity contribution in [3.05, 3.63) is 29.3 Å². The van der Waals surface area contributed by atoms with E-state index in [1.54, 1.807) is 7.05 Å². The van der Waals surface area contributed by atoms with Gasteiger partial charge in [0.15, 0.2) is 0 Å². The van der Waals surface area contributed by atoms with E-state index >= 15 is 0 Å². The molecule has 0 aliphatic heterocycles. The number of carbonyl (C=O) groups is 1. The van der Waals surface area contributed by atoms with Crippen LogP contribution >= 0.6 is 0 Å². The minimum absolute atomic E-state index is 0.00379. The van der Waals surface area contributed by atoms with Gasteiger partial charge in [0.1, 0.15) is 6.04 Å². The van der Waals surface area contributed by atoms with E-state index in [9.17, 15) is 4.79 Å². The Bertz CT molecular complexity index is 361. The number of nitrogens with one attached hydrogen (secondary N) is 2. The summed E-state index contributed by atoms with van der Waals surface area (Å²) in [4.78, 5) is 11.3. The third-order valence-electron chi connectivity index (χ3n) is 2.62. The lowest BCUT2D eigenvalue weighted by Crippen LogP contribution is -2.35. The molecule has 1 atom stereocenters. The van der Waals surface area contributed by atoms with Gasteiger partial charge >= 0.3 is 0 Å². The largest absolute Gasteiger partial charge is 0.374 e. The summed E-state index contributed by atoms with van der Waals surface area (Å²) in [5.41, 5.74) is 3.43. The number of benzene rings is 1. The Hall–Kier alpha value is -1.51. The molecule has 0 aromatic heterocycles. The summed E-state index contributed by atoms with van der Waals surface area (Å²) in [5, 5.41) is 5.81. The molecule has 0 unspecified atom stereocenters. The lowest BCUT2D eigenvalue weighted by molar-refractivity contribution is -0.121. The first-order valence-electron chi connectivity index (χ1n) is 5.10. The Morgan fingerprint density at radius 1 is 1.33 bits per heavy atom. The van der Waals surface area contributed by atoms with Crippen molar-refractivity contribution >= 4 is 11.6 Å². The molecule has 1 rings (SSSR count). The molecule has 0 radical (unpaired) electrons. The van der Waals surface area contributed by atoms with Crippen LogP contribution in [0.1, 0.15) is 18.1 Å². The summed E-state index contributed by atoms with van der Waals surface area (Å²) in [6, 6.07) is 5.82. The predicted octanol–water partition coefficient (Wildman–Crippen LogP) is 1.85. The van der Waals surface area contributed by atoms with Crippen LogP contribution in [0.3, 0.4) is 0 Å². The number of aryl methyl sites for hydroxylation is 1. The maximum absolute atomic E-state index is 11.3. The Labute approximate surface area is 90.9 Å². The second kappa shape index (κ2) is 4.82. The van der Waals surface area contributed by atoms with E-state index < -0.39 is 0 Å². The number of carbonyl (C=O) groups excluding carboxylic acids is 1. The summed E-state index contributed by atoms with van der Waals surface area (Å²) in [5.74, 6) is -0.00379. The second-order valence-electron chi connectivity index (χ2n) is 3.73. The van der Waals surface area contributed by atoms with E-state index in [2.05, 4.69) is 23.6 Å². The summed E-state index contributed by atoms with van der Waals surface area (Å²) in [6.07, 6.45) is 0. The van der Waals surface area contributed by atoms with Crippen LogP contribution in [0.15, 0.2) is 18.2 Å². The fourth-order valence-electron chi connectivity index (χ4n) is 1.42. The number of hydrogen-bond donors (Lipinski definition) is 2. The highest BCUT2D eigenvalue weighted by Gasteiger charge is 2.11. The van der Waals surface area contributed by atoms with Crippen LogP contribution in [0.5, 0.6) is 0 Å². The first-order chi connectivity index (χ1) is 7.06. The SMILES string of the molecule is CNC(=O)[C@H](C)Nc1cccc(C)c1C. The molecule has 0 fully saturated rings. The van der Waals surface area contributed by atoms with Crippen molar-refractivity contribution in [1.82, 2.24) is 5.32 Å². The van der Waals surface area contributed by atoms with Crippen molar-refractivity contribution in [2.24, 2.45) is 0 Å². The van der Waals surface area contributed by atoms with Gasteiger partial charge in [-0.05, 0) is 38.0 Å². The molecule has 0 heterocycles. The van der Waals surface area contributed by atoms with Gasteiger partial charge in [-0.2, -0.15) is 0 Å². The van der Waals surface area contributed by atoms with Gasteiger partial charge in [0, 0.05) is 12.7 Å². The van der Waals surface area contributed by atoms with E-state index in [4.69, 9.17) is 0 Å². The molecule has 0 aliphatic carbocycles. The molecule has 82 valence electrons. The van der Waals surface area contributed by atoms with Gasteiger partial charge in [0.2, 0.25) is 5.91 Å². The van der Waals surface area contributed by atoms with Crippen molar-refractivity contribution in [3.8, 4) is 0 Å². The fourth-order valence-corrected chi connectivity index (χ4v) is 1.42. The van der Waals surface area contributed by atoms with Crippen molar-refractivity contribution in [2.45, 2.75) is 26.8 Å². The third-order valence-corrected chi connectivity index (χ3v) is 2.62. The molecule has 1 aromatic carbocycles. The van der Waals surface area contributed by atoms with Crippen LogP contribution in [0.25, 0.3) is 0 Å². The molecule has 3 nitrogen and oxygen atoms in total. The van der Waals surface area contributed by atoms with Gasteiger partial charge < -0.3 is 10.6 Å². The number of anilines is 1. The number of hydrogen-bond acceptors (Lipinski definition) is 2. The Balaban J connectivity index is 2.81. The van der Waals surface area contributed by atoms with Gasteiger partial charge in [-0.1, -0.05) is 12.1 Å². The molecule has 15 heavy (non-hydrogen) atoms. The standard InChI is InChI=1S/C12H18N2O/c1-8-6-5-7-11(9(8)2)14-10(3)12(15)13-4/h5-7,10,14H,1-4H3,(H,13,15)/t10-/m0/s1. The highest BCUT2D eigenvalue weighted by Crippen LogP contribution is 2.18. The molecule has 0 aliphatic rings.